The van der Waals surface area contributed by atoms with Gasteiger partial charge in [-0.25, -0.2) is 4.98 Å². The van der Waals surface area contributed by atoms with Gasteiger partial charge in [0.2, 0.25) is 0 Å². The summed E-state index contributed by atoms with van der Waals surface area (Å²) < 4.78 is 0. The molecule has 2 N–H and O–H groups in total. The van der Waals surface area contributed by atoms with E-state index in [9.17, 15) is 4.79 Å². The number of nitrogens with zero attached hydrogens (tertiary/aromatic N) is 3. The number of carbonyl (C=O) groups is 1. The second-order valence-electron chi connectivity index (χ2n) is 5.61. The van der Waals surface area contributed by atoms with Crippen molar-refractivity contribution in [2.45, 2.75) is 26.3 Å². The molecule has 1 saturated heterocycles. The molecule has 2 rings (SSSR count). The third-order valence-electron chi connectivity index (χ3n) is 4.05. The van der Waals surface area contributed by atoms with Gasteiger partial charge in [0.25, 0.3) is 5.91 Å². The minimum atomic E-state index is -0.0886. The van der Waals surface area contributed by atoms with Gasteiger partial charge in [-0.3, -0.25) is 9.69 Å². The summed E-state index contributed by atoms with van der Waals surface area (Å²) in [6.45, 7) is 9.27. The SMILES string of the molecule is Cc1[nH]cnc1C(=O)NCC[C@H](C)N1CCN(C)CC1. The van der Waals surface area contributed by atoms with Gasteiger partial charge in [-0.15, -0.1) is 0 Å². The molecule has 0 aromatic carbocycles. The molecule has 1 aliphatic rings. The Bertz CT molecular complexity index is 437. The van der Waals surface area contributed by atoms with E-state index in [1.54, 1.807) is 6.33 Å². The molecule has 0 spiro atoms. The molecule has 1 fully saturated rings. The maximum atomic E-state index is 11.9. The number of nitrogens with one attached hydrogen (secondary N) is 2. The van der Waals surface area contributed by atoms with Crippen molar-refractivity contribution >= 4 is 5.91 Å². The van der Waals surface area contributed by atoms with E-state index in [4.69, 9.17) is 0 Å². The maximum absolute atomic E-state index is 11.9. The van der Waals surface area contributed by atoms with Crippen molar-refractivity contribution in [3.8, 4) is 0 Å². The van der Waals surface area contributed by atoms with Crippen molar-refractivity contribution in [3.63, 3.8) is 0 Å². The Kier molecular flexibility index (Phi) is 5.14. The number of imidazole rings is 1. The van der Waals surface area contributed by atoms with Crippen LogP contribution in [0.3, 0.4) is 0 Å². The van der Waals surface area contributed by atoms with Crippen LogP contribution in [0.1, 0.15) is 29.5 Å². The molecule has 0 saturated carbocycles. The third-order valence-corrected chi connectivity index (χ3v) is 4.05. The second-order valence-corrected chi connectivity index (χ2v) is 5.61. The van der Waals surface area contributed by atoms with Gasteiger partial charge in [0, 0.05) is 44.5 Å². The van der Waals surface area contributed by atoms with Gasteiger partial charge >= 0.3 is 0 Å². The Morgan fingerprint density at radius 1 is 1.45 bits per heavy atom. The Hall–Kier alpha value is -1.40. The molecular weight excluding hydrogens is 254 g/mol. The van der Waals surface area contributed by atoms with Gasteiger partial charge in [0.15, 0.2) is 0 Å². The van der Waals surface area contributed by atoms with Gasteiger partial charge < -0.3 is 15.2 Å². The molecular formula is C14H25N5O. The molecule has 0 radical (unpaired) electrons. The minimum Gasteiger partial charge on any atom is -0.351 e. The monoisotopic (exact) mass is 279 g/mol. The van der Waals surface area contributed by atoms with E-state index < -0.39 is 0 Å². The predicted octanol–water partition coefficient (Wildman–Crippen LogP) is 0.474. The Balaban J connectivity index is 1.70. The van der Waals surface area contributed by atoms with Crippen LogP contribution in [0.25, 0.3) is 0 Å². The standard InChI is InChI=1S/C14H25N5O/c1-11(19-8-6-18(3)7-9-19)4-5-15-14(20)13-12(2)16-10-17-13/h10-11H,4-9H2,1-3H3,(H,15,20)(H,16,17)/t11-/m0/s1. The van der Waals surface area contributed by atoms with E-state index in [1.807, 2.05) is 6.92 Å². The molecule has 0 unspecified atom stereocenters. The number of amides is 1. The summed E-state index contributed by atoms with van der Waals surface area (Å²) in [5.41, 5.74) is 1.31. The molecule has 20 heavy (non-hydrogen) atoms. The molecule has 2 heterocycles. The van der Waals surface area contributed by atoms with Crippen LogP contribution in [0.2, 0.25) is 0 Å². The number of rotatable bonds is 5. The quantitative estimate of drug-likeness (QED) is 0.822. The number of likely N-dealkylation sites (N-methyl/N-ethyl adjacent to an activating group) is 1. The van der Waals surface area contributed by atoms with Crippen LogP contribution >= 0.6 is 0 Å². The first-order valence-corrected chi connectivity index (χ1v) is 7.28. The van der Waals surface area contributed by atoms with Crippen LogP contribution in [-0.4, -0.2) is 71.5 Å². The van der Waals surface area contributed by atoms with Crippen LogP contribution in [0.15, 0.2) is 6.33 Å². The van der Waals surface area contributed by atoms with Crippen LogP contribution in [-0.2, 0) is 0 Å². The fourth-order valence-corrected chi connectivity index (χ4v) is 2.51. The summed E-state index contributed by atoms with van der Waals surface area (Å²) in [6.07, 6.45) is 2.52. The van der Waals surface area contributed by atoms with E-state index in [-0.39, 0.29) is 5.91 Å². The average Bonchev–Trinajstić information content (AvgIpc) is 2.85. The zero-order valence-corrected chi connectivity index (χ0v) is 12.6. The highest BCUT2D eigenvalue weighted by atomic mass is 16.1. The van der Waals surface area contributed by atoms with Gasteiger partial charge in [0.05, 0.1) is 6.33 Å². The lowest BCUT2D eigenvalue weighted by Crippen LogP contribution is -2.48. The van der Waals surface area contributed by atoms with E-state index in [2.05, 4.69) is 39.1 Å². The summed E-state index contributed by atoms with van der Waals surface area (Å²) in [4.78, 5) is 23.7. The fourth-order valence-electron chi connectivity index (χ4n) is 2.51. The number of aromatic amines is 1. The maximum Gasteiger partial charge on any atom is 0.271 e. The third kappa shape index (κ3) is 3.80. The van der Waals surface area contributed by atoms with Gasteiger partial charge in [-0.05, 0) is 27.3 Å². The van der Waals surface area contributed by atoms with Gasteiger partial charge in [-0.1, -0.05) is 0 Å². The molecule has 6 nitrogen and oxygen atoms in total. The van der Waals surface area contributed by atoms with Crippen molar-refractivity contribution in [2.75, 3.05) is 39.8 Å². The first-order chi connectivity index (χ1) is 9.58. The number of carbonyl (C=O) groups excluding carboxylic acids is 1. The van der Waals surface area contributed by atoms with E-state index in [0.717, 1.165) is 38.3 Å². The zero-order chi connectivity index (χ0) is 14.5. The highest BCUT2D eigenvalue weighted by molar-refractivity contribution is 5.93. The van der Waals surface area contributed by atoms with Crippen molar-refractivity contribution < 1.29 is 4.79 Å². The number of piperazine rings is 1. The van der Waals surface area contributed by atoms with Crippen LogP contribution in [0, 0.1) is 6.92 Å². The molecule has 112 valence electrons. The van der Waals surface area contributed by atoms with Crippen LogP contribution < -0.4 is 5.32 Å². The highest BCUT2D eigenvalue weighted by Crippen LogP contribution is 2.07. The summed E-state index contributed by atoms with van der Waals surface area (Å²) in [5, 5.41) is 2.95. The number of aryl methyl sites for hydroxylation is 1. The lowest BCUT2D eigenvalue weighted by atomic mass is 10.1. The topological polar surface area (TPSA) is 64.3 Å². The second kappa shape index (κ2) is 6.85. The van der Waals surface area contributed by atoms with Gasteiger partial charge in [0.1, 0.15) is 5.69 Å². The van der Waals surface area contributed by atoms with Gasteiger partial charge in [-0.2, -0.15) is 0 Å². The summed E-state index contributed by atoms with van der Waals surface area (Å²) in [6, 6.07) is 0.504. The molecule has 0 aliphatic carbocycles. The largest absolute Gasteiger partial charge is 0.351 e. The van der Waals surface area contributed by atoms with E-state index in [1.165, 1.54) is 0 Å². The smallest absolute Gasteiger partial charge is 0.271 e. The molecule has 0 bridgehead atoms. The average molecular weight is 279 g/mol. The molecule has 1 atom stereocenters. The summed E-state index contributed by atoms with van der Waals surface area (Å²) >= 11 is 0. The van der Waals surface area contributed by atoms with E-state index >= 15 is 0 Å². The Morgan fingerprint density at radius 3 is 2.75 bits per heavy atom. The zero-order valence-electron chi connectivity index (χ0n) is 12.6. The number of H-pyrrole nitrogens is 1. The predicted molar refractivity (Wildman–Crippen MR) is 78.8 cm³/mol. The Labute approximate surface area is 120 Å². The fraction of sp³-hybridized carbons (Fsp3) is 0.714. The lowest BCUT2D eigenvalue weighted by molar-refractivity contribution is 0.0930. The lowest BCUT2D eigenvalue weighted by Gasteiger charge is -2.36. The molecule has 6 heteroatoms. The number of aromatic nitrogens is 2. The van der Waals surface area contributed by atoms with E-state index in [0.29, 0.717) is 18.3 Å². The van der Waals surface area contributed by atoms with Crippen molar-refractivity contribution in [1.82, 2.24) is 25.1 Å². The minimum absolute atomic E-state index is 0.0886. The van der Waals surface area contributed by atoms with Crippen LogP contribution in [0.5, 0.6) is 0 Å². The Morgan fingerprint density at radius 2 is 2.15 bits per heavy atom. The van der Waals surface area contributed by atoms with Crippen LogP contribution in [0.4, 0.5) is 0 Å². The summed E-state index contributed by atoms with van der Waals surface area (Å²) in [5.74, 6) is -0.0886. The van der Waals surface area contributed by atoms with Crippen molar-refractivity contribution in [2.24, 2.45) is 0 Å². The molecule has 1 aliphatic heterocycles. The first kappa shape index (κ1) is 15.0. The number of hydrogen-bond donors (Lipinski definition) is 2. The van der Waals surface area contributed by atoms with Crippen molar-refractivity contribution in [1.29, 1.82) is 0 Å². The highest BCUT2D eigenvalue weighted by Gasteiger charge is 2.19. The summed E-state index contributed by atoms with van der Waals surface area (Å²) in [7, 11) is 2.16. The molecule has 1 aromatic heterocycles. The molecule has 1 aromatic rings. The molecule has 1 amide bonds. The normalized spacial score (nSPS) is 18.9. The van der Waals surface area contributed by atoms with Crippen molar-refractivity contribution in [3.05, 3.63) is 17.7 Å². The first-order valence-electron chi connectivity index (χ1n) is 7.28. The number of hydrogen-bond acceptors (Lipinski definition) is 4.